The molecule has 0 aliphatic rings. The van der Waals surface area contributed by atoms with Gasteiger partial charge in [0, 0.05) is 5.69 Å². The Morgan fingerprint density at radius 1 is 1.10 bits per heavy atom. The minimum absolute atomic E-state index is 0.252. The number of carbonyl (C=O) groups is 1. The smallest absolute Gasteiger partial charge is 0.254 e. The van der Waals surface area contributed by atoms with Crippen LogP contribution in [0.25, 0.3) is 0 Å². The largest absolute Gasteiger partial charge is 0.398 e. The summed E-state index contributed by atoms with van der Waals surface area (Å²) in [5, 5.41) is 2.91. The van der Waals surface area contributed by atoms with E-state index in [4.69, 9.17) is 5.73 Å². The Kier molecular flexibility index (Phi) is 3.74. The van der Waals surface area contributed by atoms with Crippen molar-refractivity contribution in [2.75, 3.05) is 5.73 Å². The van der Waals surface area contributed by atoms with Gasteiger partial charge >= 0.3 is 0 Å². The summed E-state index contributed by atoms with van der Waals surface area (Å²) >= 11 is 0. The normalized spacial score (nSPS) is 11.2. The van der Waals surface area contributed by atoms with Gasteiger partial charge in [-0.25, -0.2) is 4.39 Å². The lowest BCUT2D eigenvalue weighted by Gasteiger charge is -2.27. The molecule has 0 atom stereocenters. The van der Waals surface area contributed by atoms with E-state index in [0.29, 0.717) is 11.3 Å². The Morgan fingerprint density at radius 2 is 1.70 bits per heavy atom. The average Bonchev–Trinajstić information content (AvgIpc) is 2.39. The van der Waals surface area contributed by atoms with E-state index in [0.717, 1.165) is 5.56 Å². The summed E-state index contributed by atoms with van der Waals surface area (Å²) in [5.41, 5.74) is 6.86. The molecule has 0 heterocycles. The van der Waals surface area contributed by atoms with Gasteiger partial charge in [-0.05, 0) is 43.7 Å². The summed E-state index contributed by atoms with van der Waals surface area (Å²) in [5.74, 6) is -0.555. The van der Waals surface area contributed by atoms with Gasteiger partial charge in [0.1, 0.15) is 5.82 Å². The third kappa shape index (κ3) is 2.96. The first-order valence-corrected chi connectivity index (χ1v) is 6.33. The quantitative estimate of drug-likeness (QED) is 0.844. The fraction of sp³-hybridized carbons (Fsp3) is 0.188. The fourth-order valence-electron chi connectivity index (χ4n) is 1.99. The van der Waals surface area contributed by atoms with E-state index in [2.05, 4.69) is 5.32 Å². The second-order valence-corrected chi connectivity index (χ2v) is 5.17. The van der Waals surface area contributed by atoms with Crippen LogP contribution in [0.4, 0.5) is 10.1 Å². The Labute approximate surface area is 117 Å². The van der Waals surface area contributed by atoms with Crippen molar-refractivity contribution in [3.63, 3.8) is 0 Å². The third-order valence-corrected chi connectivity index (χ3v) is 3.20. The molecule has 0 radical (unpaired) electrons. The molecule has 3 nitrogen and oxygen atoms in total. The van der Waals surface area contributed by atoms with Crippen molar-refractivity contribution in [1.29, 1.82) is 0 Å². The fourth-order valence-corrected chi connectivity index (χ4v) is 1.99. The molecule has 0 saturated heterocycles. The molecule has 0 saturated carbocycles. The molecule has 0 aliphatic heterocycles. The van der Waals surface area contributed by atoms with Crippen LogP contribution in [0.15, 0.2) is 48.5 Å². The lowest BCUT2D eigenvalue weighted by Crippen LogP contribution is -2.41. The van der Waals surface area contributed by atoms with Gasteiger partial charge < -0.3 is 11.1 Å². The number of halogens is 1. The maximum atomic E-state index is 13.0. The van der Waals surface area contributed by atoms with Gasteiger partial charge in [0.05, 0.1) is 11.1 Å². The Morgan fingerprint density at radius 3 is 2.30 bits per heavy atom. The van der Waals surface area contributed by atoms with Crippen molar-refractivity contribution in [2.45, 2.75) is 19.4 Å². The number of rotatable bonds is 3. The molecule has 104 valence electrons. The zero-order valence-electron chi connectivity index (χ0n) is 11.5. The SMILES string of the molecule is CC(C)(NC(=O)c1ccccc1N)c1ccc(F)cc1. The van der Waals surface area contributed by atoms with Crippen LogP contribution in [0, 0.1) is 5.82 Å². The second-order valence-electron chi connectivity index (χ2n) is 5.17. The Bertz CT molecular complexity index is 621. The highest BCUT2D eigenvalue weighted by molar-refractivity contribution is 5.99. The number of hydrogen-bond donors (Lipinski definition) is 2. The zero-order chi connectivity index (χ0) is 14.8. The number of nitrogen functional groups attached to an aromatic ring is 1. The average molecular weight is 272 g/mol. The standard InChI is InChI=1S/C16H17FN2O/c1-16(2,11-7-9-12(17)10-8-11)19-15(20)13-5-3-4-6-14(13)18/h3-10H,18H2,1-2H3,(H,19,20). The summed E-state index contributed by atoms with van der Waals surface area (Å²) in [6.07, 6.45) is 0. The molecule has 0 aromatic heterocycles. The molecule has 1 amide bonds. The van der Waals surface area contributed by atoms with Crippen LogP contribution in [-0.2, 0) is 5.54 Å². The molecule has 2 aromatic rings. The van der Waals surface area contributed by atoms with Gasteiger partial charge in [0.15, 0.2) is 0 Å². The number of anilines is 1. The highest BCUT2D eigenvalue weighted by Gasteiger charge is 2.24. The van der Waals surface area contributed by atoms with Gasteiger partial charge in [0.25, 0.3) is 5.91 Å². The first-order valence-electron chi connectivity index (χ1n) is 6.33. The van der Waals surface area contributed by atoms with Crippen LogP contribution in [0.1, 0.15) is 29.8 Å². The minimum Gasteiger partial charge on any atom is -0.398 e. The van der Waals surface area contributed by atoms with E-state index in [-0.39, 0.29) is 11.7 Å². The number of benzene rings is 2. The Hall–Kier alpha value is -2.36. The maximum Gasteiger partial charge on any atom is 0.254 e. The van der Waals surface area contributed by atoms with Gasteiger partial charge in [-0.3, -0.25) is 4.79 Å². The van der Waals surface area contributed by atoms with Crippen LogP contribution in [0.2, 0.25) is 0 Å². The minimum atomic E-state index is -0.618. The van der Waals surface area contributed by atoms with Crippen LogP contribution in [-0.4, -0.2) is 5.91 Å². The monoisotopic (exact) mass is 272 g/mol. The number of hydrogen-bond acceptors (Lipinski definition) is 2. The molecule has 20 heavy (non-hydrogen) atoms. The number of nitrogens with one attached hydrogen (secondary N) is 1. The number of amides is 1. The summed E-state index contributed by atoms with van der Waals surface area (Å²) in [6, 6.07) is 13.0. The van der Waals surface area contributed by atoms with Gasteiger partial charge in [-0.2, -0.15) is 0 Å². The first kappa shape index (κ1) is 14.1. The van der Waals surface area contributed by atoms with Gasteiger partial charge in [0.2, 0.25) is 0 Å². The molecule has 0 aliphatic carbocycles. The van der Waals surface area contributed by atoms with E-state index in [1.165, 1.54) is 12.1 Å². The predicted octanol–water partition coefficient (Wildman–Crippen LogP) is 3.07. The van der Waals surface area contributed by atoms with Crippen LogP contribution in [0.3, 0.4) is 0 Å². The summed E-state index contributed by atoms with van der Waals surface area (Å²) < 4.78 is 13.0. The molecule has 0 bridgehead atoms. The van der Waals surface area contributed by atoms with E-state index in [1.807, 2.05) is 13.8 Å². The van der Waals surface area contributed by atoms with Crippen LogP contribution in [0.5, 0.6) is 0 Å². The second kappa shape index (κ2) is 5.33. The number of para-hydroxylation sites is 1. The number of carbonyl (C=O) groups excluding carboxylic acids is 1. The summed E-state index contributed by atoms with van der Waals surface area (Å²) in [6.45, 7) is 3.72. The molecule has 2 aromatic carbocycles. The Balaban J connectivity index is 2.22. The molecule has 3 N–H and O–H groups in total. The van der Waals surface area contributed by atoms with Crippen LogP contribution < -0.4 is 11.1 Å². The summed E-state index contributed by atoms with van der Waals surface area (Å²) in [7, 11) is 0. The molecular formula is C16H17FN2O. The van der Waals surface area contributed by atoms with Crippen molar-refractivity contribution in [1.82, 2.24) is 5.32 Å². The molecule has 4 heteroatoms. The van der Waals surface area contributed by atoms with Gasteiger partial charge in [-0.15, -0.1) is 0 Å². The van der Waals surface area contributed by atoms with Crippen molar-refractivity contribution in [2.24, 2.45) is 0 Å². The van der Waals surface area contributed by atoms with Crippen molar-refractivity contribution < 1.29 is 9.18 Å². The van der Waals surface area contributed by atoms with Crippen molar-refractivity contribution in [3.8, 4) is 0 Å². The number of nitrogens with two attached hydrogens (primary N) is 1. The van der Waals surface area contributed by atoms with E-state index >= 15 is 0 Å². The first-order chi connectivity index (χ1) is 9.40. The zero-order valence-corrected chi connectivity index (χ0v) is 11.5. The predicted molar refractivity (Wildman–Crippen MR) is 77.7 cm³/mol. The molecule has 2 rings (SSSR count). The topological polar surface area (TPSA) is 55.1 Å². The lowest BCUT2D eigenvalue weighted by molar-refractivity contribution is 0.0913. The van der Waals surface area contributed by atoms with Crippen molar-refractivity contribution >= 4 is 11.6 Å². The van der Waals surface area contributed by atoms with E-state index < -0.39 is 5.54 Å². The highest BCUT2D eigenvalue weighted by Crippen LogP contribution is 2.21. The molecule has 0 spiro atoms. The summed E-state index contributed by atoms with van der Waals surface area (Å²) in [4.78, 5) is 12.3. The molecule has 0 fully saturated rings. The van der Waals surface area contributed by atoms with Crippen LogP contribution >= 0.6 is 0 Å². The molecule has 0 unspecified atom stereocenters. The maximum absolute atomic E-state index is 13.0. The van der Waals surface area contributed by atoms with E-state index in [9.17, 15) is 9.18 Å². The van der Waals surface area contributed by atoms with E-state index in [1.54, 1.807) is 36.4 Å². The van der Waals surface area contributed by atoms with Crippen molar-refractivity contribution in [3.05, 3.63) is 65.5 Å². The lowest BCUT2D eigenvalue weighted by atomic mass is 9.93. The third-order valence-electron chi connectivity index (χ3n) is 3.20. The highest BCUT2D eigenvalue weighted by atomic mass is 19.1. The van der Waals surface area contributed by atoms with Gasteiger partial charge in [-0.1, -0.05) is 24.3 Å². The molecular weight excluding hydrogens is 255 g/mol.